The third-order valence-corrected chi connectivity index (χ3v) is 4.29. The summed E-state index contributed by atoms with van der Waals surface area (Å²) in [6, 6.07) is 7.50. The van der Waals surface area contributed by atoms with Crippen LogP contribution in [0.1, 0.15) is 26.2 Å². The molecule has 0 atom stereocenters. The molecule has 1 aromatic carbocycles. The van der Waals surface area contributed by atoms with Gasteiger partial charge in [-0.2, -0.15) is 0 Å². The minimum absolute atomic E-state index is 0. The van der Waals surface area contributed by atoms with E-state index in [1.807, 2.05) is 29.2 Å². The molecular weight excluding hydrogens is 328 g/mol. The molecule has 1 fully saturated rings. The van der Waals surface area contributed by atoms with Crippen molar-refractivity contribution in [3.05, 3.63) is 24.3 Å². The van der Waals surface area contributed by atoms with E-state index in [0.29, 0.717) is 30.4 Å². The van der Waals surface area contributed by atoms with Gasteiger partial charge in [-0.1, -0.05) is 19.1 Å². The summed E-state index contributed by atoms with van der Waals surface area (Å²) in [6.45, 7) is 6.32. The quantitative estimate of drug-likeness (QED) is 0.778. The zero-order valence-corrected chi connectivity index (χ0v) is 15.4. The van der Waals surface area contributed by atoms with Gasteiger partial charge in [0.2, 0.25) is 5.91 Å². The van der Waals surface area contributed by atoms with E-state index in [2.05, 4.69) is 12.2 Å². The van der Waals surface area contributed by atoms with Gasteiger partial charge in [0.05, 0.1) is 20.1 Å². The van der Waals surface area contributed by atoms with Crippen LogP contribution in [0.25, 0.3) is 0 Å². The standard InChI is InChI=1S/C18H28N2O3.ClH/c1-3-19-14-15-8-11-20(12-9-15)18(21)10-13-23-17-7-5-4-6-16(17)22-2;/h4-7,15,19H,3,8-14H2,1-2H3;1H. The van der Waals surface area contributed by atoms with E-state index in [-0.39, 0.29) is 18.3 Å². The number of benzene rings is 1. The lowest BCUT2D eigenvalue weighted by atomic mass is 9.96. The molecule has 0 aromatic heterocycles. The fourth-order valence-electron chi connectivity index (χ4n) is 2.88. The fourth-order valence-corrected chi connectivity index (χ4v) is 2.88. The highest BCUT2D eigenvalue weighted by molar-refractivity contribution is 5.85. The number of hydrogen-bond donors (Lipinski definition) is 1. The second-order valence-electron chi connectivity index (χ2n) is 5.88. The Morgan fingerprint density at radius 2 is 1.92 bits per heavy atom. The number of likely N-dealkylation sites (tertiary alicyclic amines) is 1. The molecule has 1 heterocycles. The van der Waals surface area contributed by atoms with Crippen molar-refractivity contribution in [1.29, 1.82) is 0 Å². The number of rotatable bonds is 8. The first-order chi connectivity index (χ1) is 11.2. The molecule has 24 heavy (non-hydrogen) atoms. The lowest BCUT2D eigenvalue weighted by molar-refractivity contribution is -0.133. The Kier molecular flexibility index (Phi) is 9.57. The number of amides is 1. The Labute approximate surface area is 151 Å². The van der Waals surface area contributed by atoms with Crippen LogP contribution in [0.15, 0.2) is 24.3 Å². The van der Waals surface area contributed by atoms with Crippen LogP contribution in [-0.2, 0) is 4.79 Å². The summed E-state index contributed by atoms with van der Waals surface area (Å²) in [5.41, 5.74) is 0. The van der Waals surface area contributed by atoms with Crippen molar-refractivity contribution in [2.75, 3.05) is 39.9 Å². The van der Waals surface area contributed by atoms with Crippen molar-refractivity contribution in [2.45, 2.75) is 26.2 Å². The first kappa shape index (κ1) is 20.6. The van der Waals surface area contributed by atoms with Crippen LogP contribution < -0.4 is 14.8 Å². The van der Waals surface area contributed by atoms with Gasteiger partial charge in [-0.15, -0.1) is 12.4 Å². The van der Waals surface area contributed by atoms with E-state index >= 15 is 0 Å². The number of nitrogens with one attached hydrogen (secondary N) is 1. The molecule has 1 aliphatic heterocycles. The number of ether oxygens (including phenoxy) is 2. The van der Waals surface area contributed by atoms with Gasteiger partial charge in [-0.3, -0.25) is 4.79 Å². The molecule has 1 saturated heterocycles. The van der Waals surface area contributed by atoms with E-state index in [9.17, 15) is 4.79 Å². The molecule has 0 radical (unpaired) electrons. The summed E-state index contributed by atoms with van der Waals surface area (Å²) in [4.78, 5) is 14.2. The summed E-state index contributed by atoms with van der Waals surface area (Å²) < 4.78 is 10.9. The summed E-state index contributed by atoms with van der Waals surface area (Å²) in [7, 11) is 1.62. The second-order valence-corrected chi connectivity index (χ2v) is 5.88. The Balaban J connectivity index is 0.00000288. The van der Waals surface area contributed by atoms with Crippen molar-refractivity contribution in [2.24, 2.45) is 5.92 Å². The summed E-state index contributed by atoms with van der Waals surface area (Å²) in [5.74, 6) is 2.27. The second kappa shape index (κ2) is 11.2. The Morgan fingerprint density at radius 1 is 1.25 bits per heavy atom. The van der Waals surface area contributed by atoms with Gasteiger partial charge < -0.3 is 19.7 Å². The van der Waals surface area contributed by atoms with Crippen molar-refractivity contribution in [3.63, 3.8) is 0 Å². The Bertz CT molecular complexity index is 491. The summed E-state index contributed by atoms with van der Waals surface area (Å²) in [6.07, 6.45) is 2.59. The maximum Gasteiger partial charge on any atom is 0.225 e. The van der Waals surface area contributed by atoms with Gasteiger partial charge in [-0.05, 0) is 44.0 Å². The van der Waals surface area contributed by atoms with Gasteiger partial charge in [0, 0.05) is 13.1 Å². The molecule has 2 rings (SSSR count). The number of para-hydroxylation sites is 2. The third-order valence-electron chi connectivity index (χ3n) is 4.29. The minimum atomic E-state index is 0. The van der Waals surface area contributed by atoms with E-state index < -0.39 is 0 Å². The van der Waals surface area contributed by atoms with Crippen LogP contribution in [0, 0.1) is 5.92 Å². The molecule has 0 bridgehead atoms. The zero-order chi connectivity index (χ0) is 16.5. The van der Waals surface area contributed by atoms with Gasteiger partial charge in [0.15, 0.2) is 11.5 Å². The van der Waals surface area contributed by atoms with Crippen LogP contribution in [0.3, 0.4) is 0 Å². The van der Waals surface area contributed by atoms with E-state index in [4.69, 9.17) is 9.47 Å². The molecule has 0 spiro atoms. The Hall–Kier alpha value is -1.46. The molecule has 0 saturated carbocycles. The topological polar surface area (TPSA) is 50.8 Å². The predicted octanol–water partition coefficient (Wildman–Crippen LogP) is 2.73. The third kappa shape index (κ3) is 6.21. The number of carbonyl (C=O) groups excluding carboxylic acids is 1. The van der Waals surface area contributed by atoms with Crippen LogP contribution in [0.4, 0.5) is 0 Å². The number of halogens is 1. The van der Waals surface area contributed by atoms with Crippen molar-refractivity contribution >= 4 is 18.3 Å². The van der Waals surface area contributed by atoms with Crippen molar-refractivity contribution in [1.82, 2.24) is 10.2 Å². The van der Waals surface area contributed by atoms with Gasteiger partial charge >= 0.3 is 0 Å². The van der Waals surface area contributed by atoms with Crippen LogP contribution in [0.2, 0.25) is 0 Å². The minimum Gasteiger partial charge on any atom is -0.493 e. The van der Waals surface area contributed by atoms with E-state index in [1.54, 1.807) is 7.11 Å². The molecule has 0 aliphatic carbocycles. The molecule has 5 nitrogen and oxygen atoms in total. The lowest BCUT2D eigenvalue weighted by Crippen LogP contribution is -2.41. The number of carbonyl (C=O) groups is 1. The Morgan fingerprint density at radius 3 is 2.54 bits per heavy atom. The van der Waals surface area contributed by atoms with Crippen LogP contribution >= 0.6 is 12.4 Å². The first-order valence-electron chi connectivity index (χ1n) is 8.49. The van der Waals surface area contributed by atoms with Gasteiger partial charge in [-0.25, -0.2) is 0 Å². The zero-order valence-electron chi connectivity index (χ0n) is 14.6. The fraction of sp³-hybridized carbons (Fsp3) is 0.611. The first-order valence-corrected chi connectivity index (χ1v) is 8.49. The molecule has 1 amide bonds. The van der Waals surface area contributed by atoms with Crippen molar-refractivity contribution in [3.8, 4) is 11.5 Å². The highest BCUT2D eigenvalue weighted by Crippen LogP contribution is 2.26. The van der Waals surface area contributed by atoms with Gasteiger partial charge in [0.1, 0.15) is 0 Å². The van der Waals surface area contributed by atoms with E-state index in [1.165, 1.54) is 0 Å². The molecular formula is C18H29ClN2O3. The highest BCUT2D eigenvalue weighted by atomic mass is 35.5. The molecule has 1 aromatic rings. The number of piperidine rings is 1. The van der Waals surface area contributed by atoms with E-state index in [0.717, 1.165) is 39.0 Å². The molecule has 6 heteroatoms. The highest BCUT2D eigenvalue weighted by Gasteiger charge is 2.22. The molecule has 136 valence electrons. The lowest BCUT2D eigenvalue weighted by Gasteiger charge is -2.32. The largest absolute Gasteiger partial charge is 0.493 e. The van der Waals surface area contributed by atoms with Crippen LogP contribution in [-0.4, -0.2) is 50.7 Å². The molecule has 1 N–H and O–H groups in total. The van der Waals surface area contributed by atoms with Crippen LogP contribution in [0.5, 0.6) is 11.5 Å². The smallest absolute Gasteiger partial charge is 0.225 e. The average molecular weight is 357 g/mol. The number of hydrogen-bond acceptors (Lipinski definition) is 4. The normalized spacial score (nSPS) is 14.8. The average Bonchev–Trinajstić information content (AvgIpc) is 2.60. The number of nitrogens with zero attached hydrogens (tertiary/aromatic N) is 1. The monoisotopic (exact) mass is 356 g/mol. The molecule has 0 unspecified atom stereocenters. The number of methoxy groups -OCH3 is 1. The SMILES string of the molecule is CCNCC1CCN(C(=O)CCOc2ccccc2OC)CC1.Cl. The van der Waals surface area contributed by atoms with Crippen molar-refractivity contribution < 1.29 is 14.3 Å². The summed E-state index contributed by atoms with van der Waals surface area (Å²) in [5, 5.41) is 3.39. The maximum atomic E-state index is 12.3. The molecule has 1 aliphatic rings. The predicted molar refractivity (Wildman–Crippen MR) is 98.2 cm³/mol. The van der Waals surface area contributed by atoms with Gasteiger partial charge in [0.25, 0.3) is 0 Å². The summed E-state index contributed by atoms with van der Waals surface area (Å²) >= 11 is 0. The maximum absolute atomic E-state index is 12.3.